The summed E-state index contributed by atoms with van der Waals surface area (Å²) >= 11 is 0. The minimum absolute atomic E-state index is 0.691. The fourth-order valence-corrected chi connectivity index (χ4v) is 9.81. The third-order valence-electron chi connectivity index (χ3n) is 12.9. The van der Waals surface area contributed by atoms with Crippen molar-refractivity contribution in [2.75, 3.05) is 0 Å². The van der Waals surface area contributed by atoms with E-state index in [1.165, 1.54) is 59.6 Å². The van der Waals surface area contributed by atoms with Gasteiger partial charge in [0.15, 0.2) is 5.82 Å². The predicted octanol–water partition coefficient (Wildman–Crippen LogP) is 15.6. The average Bonchev–Trinajstić information content (AvgIpc) is 3.89. The first kappa shape index (κ1) is 36.1. The van der Waals surface area contributed by atoms with Crippen LogP contribution in [0, 0.1) is 0 Å². The molecule has 4 nitrogen and oxygen atoms in total. The van der Waals surface area contributed by atoms with Gasteiger partial charge >= 0.3 is 0 Å². The quantitative estimate of drug-likeness (QED) is 0.168. The molecule has 0 bridgehead atoms. The molecule has 10 aromatic carbocycles. The van der Waals surface area contributed by atoms with Crippen molar-refractivity contribution >= 4 is 65.2 Å². The minimum Gasteiger partial charge on any atom is -0.309 e. The van der Waals surface area contributed by atoms with Crippen LogP contribution in [0.3, 0.4) is 0 Å². The summed E-state index contributed by atoms with van der Waals surface area (Å²) in [6, 6.07) is 82.9. The van der Waals surface area contributed by atoms with E-state index in [0.29, 0.717) is 5.82 Å². The van der Waals surface area contributed by atoms with Gasteiger partial charge in [-0.05, 0) is 105 Å². The topological polar surface area (TPSA) is 35.6 Å². The van der Waals surface area contributed by atoms with Gasteiger partial charge in [-0.25, -0.2) is 9.97 Å². The molecule has 0 aliphatic heterocycles. The Labute approximate surface area is 369 Å². The summed E-state index contributed by atoms with van der Waals surface area (Å²) in [5.74, 6) is 0.691. The number of aromatic nitrogens is 4. The number of nitrogens with zero attached hydrogens (tertiary/aromatic N) is 4. The van der Waals surface area contributed by atoms with Crippen molar-refractivity contribution in [3.63, 3.8) is 0 Å². The van der Waals surface area contributed by atoms with E-state index in [1.54, 1.807) is 0 Å². The Morgan fingerprint density at radius 3 is 1.27 bits per heavy atom. The van der Waals surface area contributed by atoms with Crippen molar-refractivity contribution in [1.82, 2.24) is 19.1 Å². The monoisotopic (exact) mass is 814 g/mol. The lowest BCUT2D eigenvalue weighted by Crippen LogP contribution is -1.98. The summed E-state index contributed by atoms with van der Waals surface area (Å²) in [5.41, 5.74) is 14.1. The van der Waals surface area contributed by atoms with Crippen LogP contribution in [0.1, 0.15) is 0 Å². The molecule has 0 saturated carbocycles. The molecule has 0 fully saturated rings. The van der Waals surface area contributed by atoms with Crippen LogP contribution in [-0.2, 0) is 0 Å². The highest BCUT2D eigenvalue weighted by Gasteiger charge is 2.17. The summed E-state index contributed by atoms with van der Waals surface area (Å²) < 4.78 is 4.79. The van der Waals surface area contributed by atoms with Gasteiger partial charge < -0.3 is 9.13 Å². The van der Waals surface area contributed by atoms with Gasteiger partial charge in [0.25, 0.3) is 0 Å². The molecule has 64 heavy (non-hydrogen) atoms. The van der Waals surface area contributed by atoms with Gasteiger partial charge in [-0.3, -0.25) is 0 Å². The summed E-state index contributed by atoms with van der Waals surface area (Å²) in [6.07, 6.45) is 0. The van der Waals surface area contributed by atoms with Gasteiger partial charge in [0.1, 0.15) is 0 Å². The SMILES string of the molecule is c1cc(-c2ccc3c(c2)c2ccccc2n3-c2cccc(-n3c4ccccc4c4ccccc43)c2)cc(-c2nc(-c3ccc4ccccc4c3)cc(-c3ccc4ccccc4c3)n2)c1. The van der Waals surface area contributed by atoms with Crippen LogP contribution in [0.2, 0.25) is 0 Å². The van der Waals surface area contributed by atoms with Crippen molar-refractivity contribution < 1.29 is 0 Å². The number of para-hydroxylation sites is 3. The van der Waals surface area contributed by atoms with Crippen LogP contribution in [0.4, 0.5) is 0 Å². The van der Waals surface area contributed by atoms with E-state index in [9.17, 15) is 0 Å². The molecular weight excluding hydrogens is 777 g/mol. The molecule has 3 aromatic heterocycles. The molecule has 3 heterocycles. The van der Waals surface area contributed by atoms with Crippen LogP contribution in [0.5, 0.6) is 0 Å². The van der Waals surface area contributed by atoms with E-state index in [2.05, 4.69) is 240 Å². The highest BCUT2D eigenvalue weighted by Crippen LogP contribution is 2.38. The zero-order valence-electron chi connectivity index (χ0n) is 34.7. The Morgan fingerprint density at radius 2 is 0.688 bits per heavy atom. The molecule has 0 atom stereocenters. The molecule has 0 aliphatic carbocycles. The van der Waals surface area contributed by atoms with Crippen molar-refractivity contribution in [2.45, 2.75) is 0 Å². The van der Waals surface area contributed by atoms with Gasteiger partial charge in [-0.1, -0.05) is 158 Å². The average molecular weight is 815 g/mol. The van der Waals surface area contributed by atoms with Crippen LogP contribution >= 0.6 is 0 Å². The second kappa shape index (κ2) is 14.5. The number of hydrogen-bond donors (Lipinski definition) is 0. The van der Waals surface area contributed by atoms with E-state index in [4.69, 9.17) is 9.97 Å². The molecule has 0 saturated heterocycles. The number of fused-ring (bicyclic) bond motifs is 8. The zero-order chi connectivity index (χ0) is 42.1. The molecule has 0 spiro atoms. The lowest BCUT2D eigenvalue weighted by Gasteiger charge is -2.13. The Bertz CT molecular complexity index is 3830. The van der Waals surface area contributed by atoms with Crippen molar-refractivity contribution in [3.05, 3.63) is 231 Å². The molecule has 0 amide bonds. The molecule has 0 unspecified atom stereocenters. The molecule has 13 rings (SSSR count). The molecule has 298 valence electrons. The second-order valence-electron chi connectivity index (χ2n) is 16.6. The highest BCUT2D eigenvalue weighted by molar-refractivity contribution is 6.11. The van der Waals surface area contributed by atoms with Crippen LogP contribution in [0.15, 0.2) is 231 Å². The summed E-state index contributed by atoms with van der Waals surface area (Å²) in [5, 5.41) is 9.70. The zero-order valence-corrected chi connectivity index (χ0v) is 34.7. The van der Waals surface area contributed by atoms with E-state index < -0.39 is 0 Å². The lowest BCUT2D eigenvalue weighted by molar-refractivity contribution is 1.13. The first-order chi connectivity index (χ1) is 31.7. The van der Waals surface area contributed by atoms with E-state index in [1.807, 2.05) is 0 Å². The maximum atomic E-state index is 5.27. The molecule has 0 radical (unpaired) electrons. The van der Waals surface area contributed by atoms with E-state index >= 15 is 0 Å². The van der Waals surface area contributed by atoms with Crippen molar-refractivity contribution in [3.8, 4) is 56.4 Å². The smallest absolute Gasteiger partial charge is 0.160 e. The molecule has 0 aliphatic rings. The Kier molecular flexibility index (Phi) is 8.18. The van der Waals surface area contributed by atoms with Crippen molar-refractivity contribution in [1.29, 1.82) is 0 Å². The maximum Gasteiger partial charge on any atom is 0.160 e. The highest BCUT2D eigenvalue weighted by atomic mass is 15.0. The summed E-state index contributed by atoms with van der Waals surface area (Å²) in [6.45, 7) is 0. The fourth-order valence-electron chi connectivity index (χ4n) is 9.81. The summed E-state index contributed by atoms with van der Waals surface area (Å²) in [7, 11) is 0. The van der Waals surface area contributed by atoms with Crippen LogP contribution in [0.25, 0.3) is 122 Å². The number of rotatable bonds is 6. The molecule has 4 heteroatoms. The van der Waals surface area contributed by atoms with Gasteiger partial charge in [-0.15, -0.1) is 0 Å². The Morgan fingerprint density at radius 1 is 0.250 bits per heavy atom. The first-order valence-corrected chi connectivity index (χ1v) is 21.8. The largest absolute Gasteiger partial charge is 0.309 e. The van der Waals surface area contributed by atoms with Gasteiger partial charge in [0, 0.05) is 49.6 Å². The van der Waals surface area contributed by atoms with Gasteiger partial charge in [0.05, 0.1) is 33.5 Å². The van der Waals surface area contributed by atoms with Gasteiger partial charge in [-0.2, -0.15) is 0 Å². The Hall–Kier alpha value is -8.60. The minimum atomic E-state index is 0.691. The predicted molar refractivity (Wildman–Crippen MR) is 267 cm³/mol. The van der Waals surface area contributed by atoms with Crippen molar-refractivity contribution in [2.24, 2.45) is 0 Å². The number of benzene rings is 10. The molecular formula is C60H38N4. The third-order valence-corrected chi connectivity index (χ3v) is 12.9. The lowest BCUT2D eigenvalue weighted by atomic mass is 9.99. The first-order valence-electron chi connectivity index (χ1n) is 21.8. The maximum absolute atomic E-state index is 5.27. The second-order valence-corrected chi connectivity index (χ2v) is 16.6. The van der Waals surface area contributed by atoms with E-state index in [0.717, 1.165) is 56.1 Å². The Balaban J connectivity index is 0.931. The standard InChI is InChI=1S/C60H38N4/c1-3-15-41-33-45(29-27-39(41)13-1)54-38-55(46-30-28-40-14-2-4-16-42(40)34-46)62-60(61-54)47-18-11-17-43(35-47)44-31-32-59-53(36-44)52-23-7-10-26-58(52)64(59)49-20-12-19-48(37-49)63-56-24-8-5-21-50(56)51-22-6-9-25-57(51)63/h1-38H. The third kappa shape index (κ3) is 5.92. The normalized spacial score (nSPS) is 11.8. The molecule has 13 aromatic rings. The van der Waals surface area contributed by atoms with E-state index in [-0.39, 0.29) is 0 Å². The fraction of sp³-hybridized carbons (Fsp3) is 0. The summed E-state index contributed by atoms with van der Waals surface area (Å²) in [4.78, 5) is 10.5. The van der Waals surface area contributed by atoms with Crippen LogP contribution < -0.4 is 0 Å². The molecule has 0 N–H and O–H groups in total. The number of hydrogen-bond acceptors (Lipinski definition) is 2. The van der Waals surface area contributed by atoms with Crippen LogP contribution in [-0.4, -0.2) is 19.1 Å². The van der Waals surface area contributed by atoms with Gasteiger partial charge in [0.2, 0.25) is 0 Å².